The molecular formula is C12H8BrN3. The van der Waals surface area contributed by atoms with Crippen LogP contribution in [0.15, 0.2) is 47.1 Å². The Kier molecular flexibility index (Phi) is 3.18. The molecule has 0 fully saturated rings. The summed E-state index contributed by atoms with van der Waals surface area (Å²) in [6.07, 6.45) is 1.65. The molecule has 0 atom stereocenters. The Balaban J connectivity index is 2.27. The minimum atomic E-state index is 0.533. The zero-order chi connectivity index (χ0) is 11.4. The molecule has 1 aromatic carbocycles. The van der Waals surface area contributed by atoms with E-state index in [1.54, 1.807) is 18.3 Å². The second-order valence-electron chi connectivity index (χ2n) is 3.14. The van der Waals surface area contributed by atoms with E-state index in [0.29, 0.717) is 11.4 Å². The average molecular weight is 274 g/mol. The molecule has 0 unspecified atom stereocenters. The van der Waals surface area contributed by atoms with Crippen molar-refractivity contribution in [2.75, 3.05) is 5.32 Å². The van der Waals surface area contributed by atoms with Gasteiger partial charge in [0.25, 0.3) is 0 Å². The molecule has 1 N–H and O–H groups in total. The van der Waals surface area contributed by atoms with Gasteiger partial charge in [0.1, 0.15) is 11.9 Å². The van der Waals surface area contributed by atoms with E-state index in [-0.39, 0.29) is 0 Å². The van der Waals surface area contributed by atoms with Crippen LogP contribution in [-0.2, 0) is 0 Å². The topological polar surface area (TPSA) is 48.7 Å². The van der Waals surface area contributed by atoms with Crippen molar-refractivity contribution in [1.82, 2.24) is 4.98 Å². The highest BCUT2D eigenvalue weighted by Gasteiger charge is 2.01. The van der Waals surface area contributed by atoms with Crippen LogP contribution in [0.1, 0.15) is 5.56 Å². The maximum absolute atomic E-state index is 8.90. The Bertz CT molecular complexity index is 529. The second-order valence-corrected chi connectivity index (χ2v) is 4.06. The minimum Gasteiger partial charge on any atom is -0.339 e. The number of nitrogens with one attached hydrogen (secondary N) is 1. The Hall–Kier alpha value is -1.86. The molecule has 0 spiro atoms. The molecule has 2 rings (SSSR count). The van der Waals surface area contributed by atoms with Gasteiger partial charge in [0.15, 0.2) is 0 Å². The van der Waals surface area contributed by atoms with Crippen LogP contribution in [0.2, 0.25) is 0 Å². The number of aromatic nitrogens is 1. The quantitative estimate of drug-likeness (QED) is 0.912. The summed E-state index contributed by atoms with van der Waals surface area (Å²) in [5, 5.41) is 12.0. The molecule has 0 aliphatic rings. The van der Waals surface area contributed by atoms with E-state index in [9.17, 15) is 0 Å². The van der Waals surface area contributed by atoms with Gasteiger partial charge in [-0.3, -0.25) is 0 Å². The lowest BCUT2D eigenvalue weighted by molar-refractivity contribution is 1.28. The average Bonchev–Trinajstić information content (AvgIpc) is 2.33. The van der Waals surface area contributed by atoms with Crippen LogP contribution in [0.4, 0.5) is 11.5 Å². The first-order chi connectivity index (χ1) is 7.79. The summed E-state index contributed by atoms with van der Waals surface area (Å²) >= 11 is 3.36. The van der Waals surface area contributed by atoms with Crippen LogP contribution in [0, 0.1) is 11.3 Å². The fourth-order valence-corrected chi connectivity index (χ4v) is 1.53. The first-order valence-corrected chi connectivity index (χ1v) is 5.46. The predicted molar refractivity (Wildman–Crippen MR) is 66.4 cm³/mol. The van der Waals surface area contributed by atoms with Crippen molar-refractivity contribution in [2.45, 2.75) is 0 Å². The predicted octanol–water partition coefficient (Wildman–Crippen LogP) is 3.46. The summed E-state index contributed by atoms with van der Waals surface area (Å²) in [5.41, 5.74) is 1.43. The number of hydrogen-bond donors (Lipinski definition) is 1. The van der Waals surface area contributed by atoms with Gasteiger partial charge in [-0.15, -0.1) is 0 Å². The lowest BCUT2D eigenvalue weighted by Gasteiger charge is -2.06. The summed E-state index contributed by atoms with van der Waals surface area (Å²) in [6, 6.07) is 13.3. The number of anilines is 2. The monoisotopic (exact) mass is 273 g/mol. The Labute approximate surface area is 102 Å². The number of nitriles is 1. The Morgan fingerprint density at radius 2 is 1.94 bits per heavy atom. The lowest BCUT2D eigenvalue weighted by Crippen LogP contribution is -1.95. The highest BCUT2D eigenvalue weighted by molar-refractivity contribution is 9.10. The van der Waals surface area contributed by atoms with Crippen LogP contribution < -0.4 is 5.32 Å². The second kappa shape index (κ2) is 4.77. The van der Waals surface area contributed by atoms with E-state index in [4.69, 9.17) is 5.26 Å². The minimum absolute atomic E-state index is 0.533. The third kappa shape index (κ3) is 2.38. The number of halogens is 1. The van der Waals surface area contributed by atoms with E-state index in [1.807, 2.05) is 24.3 Å². The van der Waals surface area contributed by atoms with Crippen molar-refractivity contribution >= 4 is 27.4 Å². The van der Waals surface area contributed by atoms with Crippen LogP contribution in [-0.4, -0.2) is 4.98 Å². The zero-order valence-electron chi connectivity index (χ0n) is 8.31. The molecule has 3 nitrogen and oxygen atoms in total. The van der Waals surface area contributed by atoms with Crippen LogP contribution in [0.5, 0.6) is 0 Å². The third-order valence-corrected chi connectivity index (χ3v) is 2.56. The van der Waals surface area contributed by atoms with Gasteiger partial charge in [-0.1, -0.05) is 15.9 Å². The van der Waals surface area contributed by atoms with Crippen molar-refractivity contribution in [3.05, 3.63) is 52.6 Å². The molecule has 0 aliphatic carbocycles. The molecule has 0 amide bonds. The summed E-state index contributed by atoms with van der Waals surface area (Å²) in [5.74, 6) is 0.576. The summed E-state index contributed by atoms with van der Waals surface area (Å²) in [4.78, 5) is 4.12. The van der Waals surface area contributed by atoms with E-state index in [2.05, 4.69) is 32.3 Å². The van der Waals surface area contributed by atoms with Crippen molar-refractivity contribution < 1.29 is 0 Å². The fourth-order valence-electron chi connectivity index (χ4n) is 1.27. The number of benzene rings is 1. The van der Waals surface area contributed by atoms with E-state index < -0.39 is 0 Å². The summed E-state index contributed by atoms with van der Waals surface area (Å²) in [7, 11) is 0. The van der Waals surface area contributed by atoms with Crippen LogP contribution in [0.3, 0.4) is 0 Å². The molecule has 78 valence electrons. The van der Waals surface area contributed by atoms with Crippen molar-refractivity contribution in [3.8, 4) is 6.07 Å². The number of nitrogens with zero attached hydrogens (tertiary/aromatic N) is 2. The highest BCUT2D eigenvalue weighted by atomic mass is 79.9. The van der Waals surface area contributed by atoms with Gasteiger partial charge in [-0.2, -0.15) is 5.26 Å². The molecule has 4 heteroatoms. The van der Waals surface area contributed by atoms with Crippen molar-refractivity contribution in [2.24, 2.45) is 0 Å². The molecule has 0 aliphatic heterocycles. The Morgan fingerprint density at radius 1 is 1.19 bits per heavy atom. The molecule has 0 radical (unpaired) electrons. The highest BCUT2D eigenvalue weighted by Crippen LogP contribution is 2.19. The normalized spacial score (nSPS) is 9.50. The standard InChI is InChI=1S/C12H8BrN3/c13-10-3-5-11(6-4-10)16-12-9(8-14)2-1-7-15-12/h1-7H,(H,15,16). The summed E-state index contributed by atoms with van der Waals surface area (Å²) < 4.78 is 1.01. The molecule has 2 aromatic rings. The van der Waals surface area contributed by atoms with Crippen LogP contribution >= 0.6 is 15.9 Å². The largest absolute Gasteiger partial charge is 0.339 e. The van der Waals surface area contributed by atoms with Gasteiger partial charge in [-0.25, -0.2) is 4.98 Å². The SMILES string of the molecule is N#Cc1cccnc1Nc1ccc(Br)cc1. The molecule has 0 saturated heterocycles. The van der Waals surface area contributed by atoms with Gasteiger partial charge < -0.3 is 5.32 Å². The fraction of sp³-hybridized carbons (Fsp3) is 0. The smallest absolute Gasteiger partial charge is 0.148 e. The Morgan fingerprint density at radius 3 is 2.62 bits per heavy atom. The summed E-state index contributed by atoms with van der Waals surface area (Å²) in [6.45, 7) is 0. The molecule has 0 bridgehead atoms. The lowest BCUT2D eigenvalue weighted by atomic mass is 10.2. The first kappa shape index (κ1) is 10.7. The molecule has 1 heterocycles. The van der Waals surface area contributed by atoms with Crippen molar-refractivity contribution in [1.29, 1.82) is 5.26 Å². The van der Waals surface area contributed by atoms with Gasteiger partial charge in [-0.05, 0) is 36.4 Å². The number of pyridine rings is 1. The maximum atomic E-state index is 8.90. The first-order valence-electron chi connectivity index (χ1n) is 4.67. The van der Waals surface area contributed by atoms with Gasteiger partial charge >= 0.3 is 0 Å². The third-order valence-electron chi connectivity index (χ3n) is 2.04. The number of hydrogen-bond acceptors (Lipinski definition) is 3. The molecule has 1 aromatic heterocycles. The van der Waals surface area contributed by atoms with Crippen molar-refractivity contribution in [3.63, 3.8) is 0 Å². The molecule has 0 saturated carbocycles. The van der Waals surface area contributed by atoms with Crippen LogP contribution in [0.25, 0.3) is 0 Å². The van der Waals surface area contributed by atoms with Gasteiger partial charge in [0, 0.05) is 16.4 Å². The maximum Gasteiger partial charge on any atom is 0.148 e. The van der Waals surface area contributed by atoms with E-state index in [0.717, 1.165) is 10.2 Å². The van der Waals surface area contributed by atoms with Gasteiger partial charge in [0.05, 0.1) is 5.56 Å². The van der Waals surface area contributed by atoms with E-state index >= 15 is 0 Å². The van der Waals surface area contributed by atoms with E-state index in [1.165, 1.54) is 0 Å². The number of rotatable bonds is 2. The van der Waals surface area contributed by atoms with Gasteiger partial charge in [0.2, 0.25) is 0 Å². The molecule has 16 heavy (non-hydrogen) atoms. The zero-order valence-corrected chi connectivity index (χ0v) is 9.90. The molecular weight excluding hydrogens is 266 g/mol.